The van der Waals surface area contributed by atoms with Gasteiger partial charge in [-0.25, -0.2) is 0 Å². The minimum absolute atomic E-state index is 0.483. The number of nitrogens with two attached hydrogens (primary N) is 1. The van der Waals surface area contributed by atoms with Crippen LogP contribution in [0, 0.1) is 5.92 Å². The maximum absolute atomic E-state index is 5.65. The normalized spacial score (nSPS) is 16.4. The topological polar surface area (TPSA) is 56.7 Å². The van der Waals surface area contributed by atoms with Gasteiger partial charge in [-0.2, -0.15) is 0 Å². The molecule has 0 aliphatic heterocycles. The Kier molecular flexibility index (Phi) is 4.23. The lowest BCUT2D eigenvalue weighted by Gasteiger charge is -2.24. The molecule has 1 saturated carbocycles. The van der Waals surface area contributed by atoms with Crippen molar-refractivity contribution in [3.05, 3.63) is 5.82 Å². The van der Waals surface area contributed by atoms with Crippen molar-refractivity contribution in [2.45, 2.75) is 50.9 Å². The van der Waals surface area contributed by atoms with Crippen LogP contribution in [0.25, 0.3) is 0 Å². The second-order valence-electron chi connectivity index (χ2n) is 4.36. The van der Waals surface area contributed by atoms with E-state index in [1.807, 2.05) is 11.8 Å². The van der Waals surface area contributed by atoms with Crippen molar-refractivity contribution in [3.8, 4) is 0 Å². The summed E-state index contributed by atoms with van der Waals surface area (Å²) >= 11 is 1.84. The number of hydrogen-bond donors (Lipinski definition) is 1. The van der Waals surface area contributed by atoms with E-state index in [4.69, 9.17) is 5.73 Å². The summed E-state index contributed by atoms with van der Waals surface area (Å²) < 4.78 is 2.17. The minimum atomic E-state index is 0.483. The van der Waals surface area contributed by atoms with Gasteiger partial charge in [-0.05, 0) is 25.2 Å². The van der Waals surface area contributed by atoms with Gasteiger partial charge in [0.2, 0.25) is 0 Å². The highest BCUT2D eigenvalue weighted by Gasteiger charge is 2.19. The zero-order valence-corrected chi connectivity index (χ0v) is 10.7. The van der Waals surface area contributed by atoms with Crippen molar-refractivity contribution in [1.29, 1.82) is 0 Å². The number of thioether (sulfide) groups is 1. The first-order valence-electron chi connectivity index (χ1n) is 6.10. The van der Waals surface area contributed by atoms with Crippen LogP contribution >= 0.6 is 11.8 Å². The second kappa shape index (κ2) is 5.68. The van der Waals surface area contributed by atoms with Crippen LogP contribution in [-0.4, -0.2) is 20.5 Å². The molecular formula is C11H20N4S. The molecule has 1 aromatic heterocycles. The smallest absolute Gasteiger partial charge is 0.191 e. The third-order valence-electron chi connectivity index (χ3n) is 3.10. The maximum atomic E-state index is 5.65. The van der Waals surface area contributed by atoms with Crippen LogP contribution in [0.1, 0.15) is 38.4 Å². The number of aromatic nitrogens is 3. The zero-order chi connectivity index (χ0) is 11.4. The van der Waals surface area contributed by atoms with Crippen molar-refractivity contribution < 1.29 is 0 Å². The molecule has 0 spiro atoms. The molecule has 1 aromatic rings. The predicted molar refractivity (Wildman–Crippen MR) is 66.3 cm³/mol. The minimum Gasteiger partial charge on any atom is -0.324 e. The van der Waals surface area contributed by atoms with Gasteiger partial charge in [-0.3, -0.25) is 0 Å². The lowest BCUT2D eigenvalue weighted by molar-refractivity contribution is 0.353. The van der Waals surface area contributed by atoms with E-state index in [2.05, 4.69) is 21.7 Å². The molecule has 1 heterocycles. The first-order chi connectivity index (χ1) is 7.85. The van der Waals surface area contributed by atoms with E-state index in [1.165, 1.54) is 25.0 Å². The van der Waals surface area contributed by atoms with E-state index in [1.54, 1.807) is 0 Å². The molecule has 1 aliphatic rings. The molecule has 16 heavy (non-hydrogen) atoms. The molecule has 0 bridgehead atoms. The van der Waals surface area contributed by atoms with E-state index in [0.717, 1.165) is 29.9 Å². The fraction of sp³-hybridized carbons (Fsp3) is 0.818. The molecule has 2 rings (SSSR count). The average molecular weight is 240 g/mol. The molecular weight excluding hydrogens is 220 g/mol. The van der Waals surface area contributed by atoms with E-state index < -0.39 is 0 Å². The molecule has 5 heteroatoms. The average Bonchev–Trinajstić information content (AvgIpc) is 2.60. The van der Waals surface area contributed by atoms with Crippen molar-refractivity contribution in [2.24, 2.45) is 11.7 Å². The van der Waals surface area contributed by atoms with E-state index in [-0.39, 0.29) is 0 Å². The number of nitrogens with zero attached hydrogens (tertiary/aromatic N) is 3. The quantitative estimate of drug-likeness (QED) is 0.773. The van der Waals surface area contributed by atoms with Gasteiger partial charge in [0.15, 0.2) is 5.16 Å². The first-order valence-corrected chi connectivity index (χ1v) is 7.08. The second-order valence-corrected chi connectivity index (χ2v) is 5.35. The zero-order valence-electron chi connectivity index (χ0n) is 9.85. The summed E-state index contributed by atoms with van der Waals surface area (Å²) in [6, 6.07) is 0. The van der Waals surface area contributed by atoms with Crippen LogP contribution in [0.2, 0.25) is 0 Å². The van der Waals surface area contributed by atoms with Gasteiger partial charge in [-0.15, -0.1) is 10.2 Å². The Morgan fingerprint density at radius 3 is 2.81 bits per heavy atom. The van der Waals surface area contributed by atoms with Crippen LogP contribution in [0.4, 0.5) is 0 Å². The van der Waals surface area contributed by atoms with Gasteiger partial charge in [-0.1, -0.05) is 25.1 Å². The molecule has 0 unspecified atom stereocenters. The molecule has 2 N–H and O–H groups in total. The lowest BCUT2D eigenvalue weighted by atomic mass is 9.87. The van der Waals surface area contributed by atoms with Gasteiger partial charge in [0.05, 0.1) is 6.54 Å². The van der Waals surface area contributed by atoms with Crippen molar-refractivity contribution >= 4 is 11.8 Å². The van der Waals surface area contributed by atoms with Gasteiger partial charge >= 0.3 is 0 Å². The summed E-state index contributed by atoms with van der Waals surface area (Å²) in [6.07, 6.45) is 5.28. The lowest BCUT2D eigenvalue weighted by Crippen LogP contribution is -2.14. The largest absolute Gasteiger partial charge is 0.324 e. The Hall–Kier alpha value is -0.550. The number of rotatable bonds is 6. The van der Waals surface area contributed by atoms with Crippen molar-refractivity contribution in [2.75, 3.05) is 5.75 Å². The Bertz CT molecular complexity index is 333. The number of hydrogen-bond acceptors (Lipinski definition) is 4. The molecule has 0 radical (unpaired) electrons. The molecule has 90 valence electrons. The predicted octanol–water partition coefficient (Wildman–Crippen LogP) is 2.04. The summed E-state index contributed by atoms with van der Waals surface area (Å²) in [5, 5.41) is 9.42. The highest BCUT2D eigenvalue weighted by molar-refractivity contribution is 7.99. The Morgan fingerprint density at radius 2 is 2.25 bits per heavy atom. The molecule has 0 saturated heterocycles. The molecule has 4 nitrogen and oxygen atoms in total. The van der Waals surface area contributed by atoms with Crippen LogP contribution in [0.3, 0.4) is 0 Å². The van der Waals surface area contributed by atoms with Crippen molar-refractivity contribution in [3.63, 3.8) is 0 Å². The monoisotopic (exact) mass is 240 g/mol. The van der Waals surface area contributed by atoms with Gasteiger partial charge in [0, 0.05) is 12.3 Å². The van der Waals surface area contributed by atoms with Gasteiger partial charge in [0.1, 0.15) is 5.82 Å². The van der Waals surface area contributed by atoms with Gasteiger partial charge in [0.25, 0.3) is 0 Å². The Labute approximate surface area is 101 Å². The molecule has 0 aromatic carbocycles. The van der Waals surface area contributed by atoms with Crippen LogP contribution in [0.5, 0.6) is 0 Å². The van der Waals surface area contributed by atoms with Crippen LogP contribution < -0.4 is 5.73 Å². The third kappa shape index (κ3) is 2.58. The molecule has 1 aliphatic carbocycles. The first kappa shape index (κ1) is 11.9. The molecule has 0 atom stereocenters. The van der Waals surface area contributed by atoms with E-state index in [0.29, 0.717) is 6.54 Å². The maximum Gasteiger partial charge on any atom is 0.191 e. The third-order valence-corrected chi connectivity index (χ3v) is 4.29. The highest BCUT2D eigenvalue weighted by atomic mass is 32.2. The van der Waals surface area contributed by atoms with Crippen LogP contribution in [-0.2, 0) is 13.1 Å². The standard InChI is InChI=1S/C11H20N4S/c1-2-6-15-10(7-12)13-14-11(15)16-8-9-4-3-5-9/h9H,2-8,12H2,1H3. The fourth-order valence-corrected chi connectivity index (χ4v) is 3.05. The molecule has 1 fully saturated rings. The summed E-state index contributed by atoms with van der Waals surface area (Å²) in [5.41, 5.74) is 5.65. The Balaban J connectivity index is 1.97. The summed E-state index contributed by atoms with van der Waals surface area (Å²) in [7, 11) is 0. The van der Waals surface area contributed by atoms with E-state index in [9.17, 15) is 0 Å². The highest BCUT2D eigenvalue weighted by Crippen LogP contribution is 2.32. The Morgan fingerprint density at radius 1 is 1.44 bits per heavy atom. The molecule has 0 amide bonds. The van der Waals surface area contributed by atoms with E-state index >= 15 is 0 Å². The SMILES string of the molecule is CCCn1c(CN)nnc1SCC1CCC1. The van der Waals surface area contributed by atoms with Gasteiger partial charge < -0.3 is 10.3 Å². The fourth-order valence-electron chi connectivity index (χ4n) is 1.88. The summed E-state index contributed by atoms with van der Waals surface area (Å²) in [5.74, 6) is 3.00. The summed E-state index contributed by atoms with van der Waals surface area (Å²) in [4.78, 5) is 0. The van der Waals surface area contributed by atoms with Crippen LogP contribution in [0.15, 0.2) is 5.16 Å². The summed E-state index contributed by atoms with van der Waals surface area (Å²) in [6.45, 7) is 3.63. The van der Waals surface area contributed by atoms with Crippen molar-refractivity contribution in [1.82, 2.24) is 14.8 Å².